The predicted octanol–water partition coefficient (Wildman–Crippen LogP) is 8.72. The van der Waals surface area contributed by atoms with Crippen LogP contribution in [0.2, 0.25) is 0 Å². The summed E-state index contributed by atoms with van der Waals surface area (Å²) in [5.41, 5.74) is 1.52. The highest BCUT2D eigenvalue weighted by atomic mass is 16.6. The molecule has 0 radical (unpaired) electrons. The van der Waals surface area contributed by atoms with Crippen LogP contribution in [0.5, 0.6) is 0 Å². The van der Waals surface area contributed by atoms with E-state index in [0.29, 0.717) is 144 Å². The van der Waals surface area contributed by atoms with E-state index in [-0.39, 0.29) is 12.6 Å². The smallest absolute Gasteiger partial charge is 0.338 e. The number of ether oxygens (including phenoxy) is 12. The second-order valence-electron chi connectivity index (χ2n) is 15.3. The number of esters is 1. The highest BCUT2D eigenvalue weighted by molar-refractivity contribution is 5.89. The molecule has 0 aliphatic carbocycles. The zero-order valence-corrected chi connectivity index (χ0v) is 39.9. The number of nitrogens with one attached hydrogen (secondary N) is 1. The van der Waals surface area contributed by atoms with E-state index in [9.17, 15) is 4.79 Å². The van der Waals surface area contributed by atoms with Gasteiger partial charge in [0, 0.05) is 18.8 Å². The lowest BCUT2D eigenvalue weighted by Crippen LogP contribution is -2.15. The fourth-order valence-electron chi connectivity index (χ4n) is 6.11. The van der Waals surface area contributed by atoms with Crippen molar-refractivity contribution in [3.63, 3.8) is 0 Å². The van der Waals surface area contributed by atoms with Crippen LogP contribution in [0.15, 0.2) is 24.3 Å². The van der Waals surface area contributed by atoms with Crippen LogP contribution in [-0.2, 0) is 56.8 Å². The van der Waals surface area contributed by atoms with Gasteiger partial charge in [-0.2, -0.15) is 0 Å². The van der Waals surface area contributed by atoms with Crippen LogP contribution in [0.3, 0.4) is 0 Å². The molecule has 14 heteroatoms. The van der Waals surface area contributed by atoms with Crippen molar-refractivity contribution in [3.8, 4) is 0 Å². The maximum atomic E-state index is 12.2. The van der Waals surface area contributed by atoms with Crippen molar-refractivity contribution >= 4 is 11.7 Å². The van der Waals surface area contributed by atoms with E-state index in [1.807, 2.05) is 12.1 Å². The van der Waals surface area contributed by atoms with E-state index in [1.165, 1.54) is 83.5 Å². The van der Waals surface area contributed by atoms with Crippen LogP contribution in [0.25, 0.3) is 0 Å². The SMILES string of the molecule is CCCCCCCCCCCCCCCCOCCOCCOCCOCCOCCOCCOCCOCCOCCOCCOCCOC(=O)c1ccc(NCCCC)cc1. The van der Waals surface area contributed by atoms with Crippen molar-refractivity contribution in [1.29, 1.82) is 0 Å². The molecule has 0 aliphatic rings. The van der Waals surface area contributed by atoms with Gasteiger partial charge in [-0.3, -0.25) is 0 Å². The van der Waals surface area contributed by atoms with Crippen molar-refractivity contribution in [2.45, 2.75) is 117 Å². The Morgan fingerprint density at radius 2 is 0.603 bits per heavy atom. The molecule has 0 unspecified atom stereocenters. The Bertz CT molecular complexity index is 1040. The third kappa shape index (κ3) is 45.0. The van der Waals surface area contributed by atoms with E-state index in [2.05, 4.69) is 19.2 Å². The Kier molecular flexibility index (Phi) is 47.9. The van der Waals surface area contributed by atoms with Gasteiger partial charge in [0.1, 0.15) is 6.61 Å². The minimum absolute atomic E-state index is 0.191. The predicted molar refractivity (Wildman–Crippen MR) is 249 cm³/mol. The Morgan fingerprint density at radius 1 is 0.333 bits per heavy atom. The Balaban J connectivity index is 1.64. The van der Waals surface area contributed by atoms with Gasteiger partial charge < -0.3 is 62.2 Å². The maximum Gasteiger partial charge on any atom is 0.338 e. The van der Waals surface area contributed by atoms with Crippen LogP contribution in [0.1, 0.15) is 127 Å². The molecule has 14 nitrogen and oxygen atoms in total. The minimum atomic E-state index is -0.359. The molecule has 0 heterocycles. The molecule has 0 spiro atoms. The van der Waals surface area contributed by atoms with Crippen molar-refractivity contribution in [2.75, 3.05) is 164 Å². The number of hydrogen-bond acceptors (Lipinski definition) is 14. The summed E-state index contributed by atoms with van der Waals surface area (Å²) in [6.45, 7) is 16.9. The normalized spacial score (nSPS) is 11.5. The van der Waals surface area contributed by atoms with Gasteiger partial charge in [-0.1, -0.05) is 104 Å². The summed E-state index contributed by atoms with van der Waals surface area (Å²) in [4.78, 5) is 12.2. The van der Waals surface area contributed by atoms with Crippen LogP contribution < -0.4 is 5.32 Å². The van der Waals surface area contributed by atoms with E-state index < -0.39 is 0 Å². The molecule has 0 aromatic heterocycles. The van der Waals surface area contributed by atoms with Crippen LogP contribution in [0.4, 0.5) is 5.69 Å². The largest absolute Gasteiger partial charge is 0.460 e. The summed E-state index contributed by atoms with van der Waals surface area (Å²) >= 11 is 0. The lowest BCUT2D eigenvalue weighted by molar-refractivity contribution is -0.0280. The summed E-state index contributed by atoms with van der Waals surface area (Å²) in [7, 11) is 0. The zero-order valence-electron chi connectivity index (χ0n) is 39.9. The summed E-state index contributed by atoms with van der Waals surface area (Å²) in [5, 5.41) is 3.32. The molecule has 0 saturated carbocycles. The zero-order chi connectivity index (χ0) is 45.0. The molecular weight excluding hydrogens is 811 g/mol. The maximum absolute atomic E-state index is 12.2. The van der Waals surface area contributed by atoms with E-state index in [1.54, 1.807) is 12.1 Å². The summed E-state index contributed by atoms with van der Waals surface area (Å²) in [6, 6.07) is 7.30. The van der Waals surface area contributed by atoms with Gasteiger partial charge in [-0.05, 0) is 37.1 Å². The summed E-state index contributed by atoms with van der Waals surface area (Å²) in [5.74, 6) is -0.359. The first-order valence-electron chi connectivity index (χ1n) is 24.6. The van der Waals surface area contributed by atoms with Crippen molar-refractivity contribution < 1.29 is 61.6 Å². The molecule has 0 amide bonds. The summed E-state index contributed by atoms with van der Waals surface area (Å²) in [6.07, 6.45) is 21.4. The van der Waals surface area contributed by atoms with Gasteiger partial charge in [0.2, 0.25) is 0 Å². The third-order valence-corrected chi connectivity index (χ3v) is 9.80. The average Bonchev–Trinajstić information content (AvgIpc) is 3.30. The fraction of sp³-hybridized carbons (Fsp3) is 0.857. The highest BCUT2D eigenvalue weighted by Crippen LogP contribution is 2.13. The Labute approximate surface area is 382 Å². The molecule has 370 valence electrons. The third-order valence-electron chi connectivity index (χ3n) is 9.80. The quantitative estimate of drug-likeness (QED) is 0.0492. The topological polar surface area (TPSA) is 140 Å². The van der Waals surface area contributed by atoms with E-state index >= 15 is 0 Å². The number of anilines is 1. The van der Waals surface area contributed by atoms with Gasteiger partial charge in [-0.25, -0.2) is 4.79 Å². The molecule has 0 bridgehead atoms. The first-order valence-corrected chi connectivity index (χ1v) is 24.6. The van der Waals surface area contributed by atoms with Crippen molar-refractivity contribution in [3.05, 3.63) is 29.8 Å². The van der Waals surface area contributed by atoms with Crippen LogP contribution in [-0.4, -0.2) is 164 Å². The first-order chi connectivity index (χ1) is 31.3. The van der Waals surface area contributed by atoms with Crippen LogP contribution in [0, 0.1) is 0 Å². The van der Waals surface area contributed by atoms with E-state index in [0.717, 1.165) is 38.1 Å². The Hall–Kier alpha value is -1.95. The molecule has 1 aromatic rings. The highest BCUT2D eigenvalue weighted by Gasteiger charge is 2.07. The van der Waals surface area contributed by atoms with Crippen LogP contribution >= 0.6 is 0 Å². The number of unbranched alkanes of at least 4 members (excludes halogenated alkanes) is 14. The lowest BCUT2D eigenvalue weighted by atomic mass is 10.0. The second kappa shape index (κ2) is 51.0. The number of hydrogen-bond donors (Lipinski definition) is 1. The molecule has 1 aromatic carbocycles. The fourth-order valence-corrected chi connectivity index (χ4v) is 6.11. The van der Waals surface area contributed by atoms with E-state index in [4.69, 9.17) is 56.8 Å². The number of carbonyl (C=O) groups is 1. The van der Waals surface area contributed by atoms with Crippen molar-refractivity contribution in [2.24, 2.45) is 0 Å². The molecule has 1 rings (SSSR count). The second-order valence-corrected chi connectivity index (χ2v) is 15.3. The lowest BCUT2D eigenvalue weighted by Gasteiger charge is -2.09. The molecule has 0 atom stereocenters. The van der Waals surface area contributed by atoms with Crippen molar-refractivity contribution in [1.82, 2.24) is 0 Å². The number of benzene rings is 1. The summed E-state index contributed by atoms with van der Waals surface area (Å²) < 4.78 is 66.2. The first kappa shape index (κ1) is 59.1. The number of carbonyl (C=O) groups excluding carboxylic acids is 1. The average molecular weight is 902 g/mol. The number of rotatable bonds is 53. The van der Waals surface area contributed by atoms with Gasteiger partial charge in [-0.15, -0.1) is 0 Å². The molecular formula is C49H91NO13. The molecule has 63 heavy (non-hydrogen) atoms. The monoisotopic (exact) mass is 902 g/mol. The van der Waals surface area contributed by atoms with Gasteiger partial charge in [0.25, 0.3) is 0 Å². The standard InChI is InChI=1S/C49H91NO13/c1-3-5-7-8-9-10-11-12-13-14-15-16-17-18-24-52-25-26-53-27-28-54-29-30-55-31-32-56-33-34-57-35-36-58-37-38-59-39-40-60-41-42-61-43-44-62-45-46-63-49(51)47-19-21-48(22-20-47)50-23-6-4-2/h19-22,50H,3-18,23-46H2,1-2H3. The molecule has 0 fully saturated rings. The van der Waals surface area contributed by atoms with Gasteiger partial charge in [0.05, 0.1) is 144 Å². The minimum Gasteiger partial charge on any atom is -0.460 e. The van der Waals surface area contributed by atoms with Gasteiger partial charge in [0.15, 0.2) is 0 Å². The van der Waals surface area contributed by atoms with Gasteiger partial charge >= 0.3 is 5.97 Å². The molecule has 1 N–H and O–H groups in total. The molecule has 0 aliphatic heterocycles. The molecule has 0 saturated heterocycles. The Morgan fingerprint density at radius 3 is 0.921 bits per heavy atom.